The Morgan fingerprint density at radius 2 is 1.81 bits per heavy atom. The van der Waals surface area contributed by atoms with E-state index in [0.29, 0.717) is 11.2 Å². The summed E-state index contributed by atoms with van der Waals surface area (Å²) in [5.41, 5.74) is 2.89. The highest BCUT2D eigenvalue weighted by atomic mass is 35.5. The number of hydrogen-bond donors (Lipinski definition) is 4. The minimum atomic E-state index is -0.0290. The number of pyridine rings is 2. The second kappa shape index (κ2) is 9.36. The molecule has 3 aromatic heterocycles. The lowest BCUT2D eigenvalue weighted by molar-refractivity contribution is 0.228. The third-order valence-electron chi connectivity index (χ3n) is 6.61. The highest BCUT2D eigenvalue weighted by Gasteiger charge is 2.25. The van der Waals surface area contributed by atoms with Crippen LogP contribution >= 0.6 is 11.6 Å². The summed E-state index contributed by atoms with van der Waals surface area (Å²) in [4.78, 5) is 24.5. The van der Waals surface area contributed by atoms with Crippen LogP contribution in [0.5, 0.6) is 0 Å². The van der Waals surface area contributed by atoms with Crippen molar-refractivity contribution in [2.24, 2.45) is 0 Å². The van der Waals surface area contributed by atoms with Crippen LogP contribution in [-0.4, -0.2) is 39.1 Å². The van der Waals surface area contributed by atoms with Crippen LogP contribution in [0.2, 0.25) is 5.15 Å². The second-order valence-corrected chi connectivity index (χ2v) is 9.36. The average molecular weight is 453 g/mol. The van der Waals surface area contributed by atoms with Crippen molar-refractivity contribution in [3.05, 3.63) is 41.8 Å². The molecule has 32 heavy (non-hydrogen) atoms. The zero-order valence-electron chi connectivity index (χ0n) is 18.0. The fraction of sp³-hybridized carbons (Fsp3) is 0.458. The Morgan fingerprint density at radius 1 is 1.03 bits per heavy atom. The van der Waals surface area contributed by atoms with E-state index in [9.17, 15) is 4.79 Å². The lowest BCUT2D eigenvalue weighted by atomic mass is 9.91. The van der Waals surface area contributed by atoms with Crippen molar-refractivity contribution in [1.82, 2.24) is 25.6 Å². The highest BCUT2D eigenvalue weighted by molar-refractivity contribution is 6.29. The minimum absolute atomic E-state index is 0.0290. The van der Waals surface area contributed by atoms with E-state index in [-0.39, 0.29) is 18.1 Å². The van der Waals surface area contributed by atoms with Gasteiger partial charge in [-0.25, -0.2) is 14.8 Å². The van der Waals surface area contributed by atoms with E-state index < -0.39 is 0 Å². The number of rotatable bonds is 5. The predicted molar refractivity (Wildman–Crippen MR) is 128 cm³/mol. The van der Waals surface area contributed by atoms with Crippen molar-refractivity contribution in [2.75, 3.05) is 5.32 Å². The van der Waals surface area contributed by atoms with Crippen molar-refractivity contribution < 1.29 is 4.79 Å². The Hall–Kier alpha value is -2.80. The molecule has 2 unspecified atom stereocenters. The minimum Gasteiger partial charge on any atom is -0.367 e. The number of halogens is 1. The maximum Gasteiger partial charge on any atom is 0.315 e. The first kappa shape index (κ1) is 21.1. The first-order valence-electron chi connectivity index (χ1n) is 11.6. The molecule has 0 spiro atoms. The van der Waals surface area contributed by atoms with Gasteiger partial charge in [-0.05, 0) is 68.4 Å². The Morgan fingerprint density at radius 3 is 2.69 bits per heavy atom. The molecule has 8 heteroatoms. The number of aromatic nitrogens is 3. The number of amides is 2. The molecule has 0 radical (unpaired) electrons. The van der Waals surface area contributed by atoms with Gasteiger partial charge in [0.25, 0.3) is 0 Å². The molecule has 3 aromatic rings. The van der Waals surface area contributed by atoms with Gasteiger partial charge in [0.2, 0.25) is 0 Å². The van der Waals surface area contributed by atoms with Crippen molar-refractivity contribution in [3.8, 4) is 11.1 Å². The summed E-state index contributed by atoms with van der Waals surface area (Å²) in [5.74, 6) is 0.756. The van der Waals surface area contributed by atoms with Gasteiger partial charge in [-0.1, -0.05) is 24.4 Å². The second-order valence-electron chi connectivity index (χ2n) is 8.97. The van der Waals surface area contributed by atoms with Gasteiger partial charge in [0.1, 0.15) is 16.6 Å². The Labute approximate surface area is 192 Å². The molecule has 0 aromatic carbocycles. The van der Waals surface area contributed by atoms with Crippen molar-refractivity contribution in [2.45, 2.75) is 69.5 Å². The van der Waals surface area contributed by atoms with Gasteiger partial charge < -0.3 is 20.9 Å². The number of carbonyl (C=O) groups is 1. The van der Waals surface area contributed by atoms with Crippen LogP contribution in [0.1, 0.15) is 51.4 Å². The molecule has 7 nitrogen and oxygen atoms in total. The standard InChI is InChI=1S/C24H29ClN6O/c25-21-11-15(20-14-27-23-19(20)9-4-10-26-23)12-22(31-21)28-17-7-3-8-18(13-17)30-24(32)29-16-5-1-2-6-16/h4,9-12,14,16-18H,1-3,5-8,13H2,(H,26,27)(H,28,31)(H2,29,30,32). The van der Waals surface area contributed by atoms with E-state index in [0.717, 1.165) is 66.5 Å². The molecule has 168 valence electrons. The van der Waals surface area contributed by atoms with Crippen LogP contribution in [0.15, 0.2) is 36.7 Å². The van der Waals surface area contributed by atoms with Gasteiger partial charge in [0.15, 0.2) is 0 Å². The van der Waals surface area contributed by atoms with Gasteiger partial charge in [-0.3, -0.25) is 0 Å². The van der Waals surface area contributed by atoms with Gasteiger partial charge in [0.05, 0.1) is 0 Å². The molecule has 3 heterocycles. The number of nitrogens with one attached hydrogen (secondary N) is 4. The van der Waals surface area contributed by atoms with Crippen LogP contribution in [0, 0.1) is 0 Å². The Balaban J connectivity index is 1.25. The third-order valence-corrected chi connectivity index (χ3v) is 6.80. The maximum atomic E-state index is 12.4. The van der Waals surface area contributed by atoms with Crippen molar-refractivity contribution in [3.63, 3.8) is 0 Å². The van der Waals surface area contributed by atoms with Gasteiger partial charge in [-0.2, -0.15) is 0 Å². The summed E-state index contributed by atoms with van der Waals surface area (Å²) in [6.45, 7) is 0. The largest absolute Gasteiger partial charge is 0.367 e. The van der Waals surface area contributed by atoms with Crippen molar-refractivity contribution in [1.29, 1.82) is 0 Å². The number of nitrogens with zero attached hydrogens (tertiary/aromatic N) is 2. The van der Waals surface area contributed by atoms with Gasteiger partial charge >= 0.3 is 6.03 Å². The summed E-state index contributed by atoms with van der Waals surface area (Å²) < 4.78 is 0. The molecule has 5 rings (SSSR count). The van der Waals surface area contributed by atoms with Crippen molar-refractivity contribution >= 4 is 34.5 Å². The SMILES string of the molecule is O=C(NC1CCCC1)NC1CCCC(Nc2cc(-c3c[nH]c4ncccc34)cc(Cl)n2)C1. The number of aromatic amines is 1. The van der Waals surface area contributed by atoms with Crippen LogP contribution in [0.3, 0.4) is 0 Å². The molecular weight excluding hydrogens is 424 g/mol. The van der Waals surface area contributed by atoms with Gasteiger partial charge in [-0.15, -0.1) is 0 Å². The van der Waals surface area contributed by atoms with Crippen LogP contribution < -0.4 is 16.0 Å². The molecule has 0 saturated heterocycles. The topological polar surface area (TPSA) is 94.7 Å². The zero-order valence-corrected chi connectivity index (χ0v) is 18.8. The molecule has 2 aliphatic carbocycles. The number of carbonyl (C=O) groups excluding carboxylic acids is 1. The number of urea groups is 1. The van der Waals surface area contributed by atoms with E-state index in [1.165, 1.54) is 12.8 Å². The lowest BCUT2D eigenvalue weighted by Gasteiger charge is -2.31. The van der Waals surface area contributed by atoms with E-state index >= 15 is 0 Å². The summed E-state index contributed by atoms with van der Waals surface area (Å²) in [7, 11) is 0. The van der Waals surface area contributed by atoms with Crippen LogP contribution in [0.4, 0.5) is 10.6 Å². The van der Waals surface area contributed by atoms with Crippen LogP contribution in [0.25, 0.3) is 22.2 Å². The number of anilines is 1. The smallest absolute Gasteiger partial charge is 0.315 e. The van der Waals surface area contributed by atoms with E-state index in [1.807, 2.05) is 30.5 Å². The lowest BCUT2D eigenvalue weighted by Crippen LogP contribution is -2.48. The monoisotopic (exact) mass is 452 g/mol. The summed E-state index contributed by atoms with van der Waals surface area (Å²) in [6.07, 6.45) is 12.3. The highest BCUT2D eigenvalue weighted by Crippen LogP contribution is 2.31. The molecule has 0 bridgehead atoms. The fourth-order valence-electron chi connectivity index (χ4n) is 5.06. The van der Waals surface area contributed by atoms with Gasteiger partial charge in [0, 0.05) is 41.5 Å². The Kier molecular flexibility index (Phi) is 6.17. The number of H-pyrrole nitrogens is 1. The summed E-state index contributed by atoms with van der Waals surface area (Å²) in [5, 5.41) is 11.4. The average Bonchev–Trinajstić information content (AvgIpc) is 3.43. The maximum absolute atomic E-state index is 12.4. The molecule has 2 amide bonds. The van der Waals surface area contributed by atoms with E-state index in [1.54, 1.807) is 6.20 Å². The molecule has 2 atom stereocenters. The quantitative estimate of drug-likeness (QED) is 0.398. The van der Waals surface area contributed by atoms with Crippen LogP contribution in [-0.2, 0) is 0 Å². The van der Waals surface area contributed by atoms with E-state index in [2.05, 4.69) is 30.9 Å². The fourth-order valence-corrected chi connectivity index (χ4v) is 5.27. The normalized spacial score (nSPS) is 21.5. The molecule has 2 fully saturated rings. The Bertz CT molecular complexity index is 1090. The van der Waals surface area contributed by atoms with E-state index in [4.69, 9.17) is 11.6 Å². The third kappa shape index (κ3) is 4.83. The first-order chi connectivity index (χ1) is 15.6. The predicted octanol–water partition coefficient (Wildman–Crippen LogP) is 5.24. The molecule has 2 aliphatic rings. The molecule has 0 aliphatic heterocycles. The summed E-state index contributed by atoms with van der Waals surface area (Å²) >= 11 is 6.37. The molecular formula is C24H29ClN6O. The summed E-state index contributed by atoms with van der Waals surface area (Å²) in [6, 6.07) is 8.60. The molecule has 2 saturated carbocycles. The first-order valence-corrected chi connectivity index (χ1v) is 12.0. The molecule has 4 N–H and O–H groups in total. The zero-order chi connectivity index (χ0) is 21.9. The number of hydrogen-bond acceptors (Lipinski definition) is 4. The number of fused-ring (bicyclic) bond motifs is 1.